The normalized spacial score (nSPS) is 17.3. The Balaban J connectivity index is 1.86. The lowest BCUT2D eigenvalue weighted by Crippen LogP contribution is -2.34. The molecule has 0 aromatic heterocycles. The first-order valence-corrected chi connectivity index (χ1v) is 10.7. The Morgan fingerprint density at radius 1 is 0.938 bits per heavy atom. The van der Waals surface area contributed by atoms with Gasteiger partial charge in [0.1, 0.15) is 31.0 Å². The van der Waals surface area contributed by atoms with Crippen LogP contribution in [0.15, 0.2) is 60.0 Å². The molecule has 0 amide bonds. The Kier molecular flexibility index (Phi) is 7.60. The van der Waals surface area contributed by atoms with E-state index in [1.54, 1.807) is 0 Å². The van der Waals surface area contributed by atoms with Crippen LogP contribution in [0.2, 0.25) is 0 Å². The molecule has 172 valence electrons. The molecule has 3 rings (SSSR count). The van der Waals surface area contributed by atoms with Crippen LogP contribution >= 0.6 is 7.82 Å². The van der Waals surface area contributed by atoms with Crippen molar-refractivity contribution in [1.29, 1.82) is 0 Å². The third kappa shape index (κ3) is 6.35. The maximum atomic E-state index is 13.1. The number of carbonyl (C=O) groups excluding carboxylic acids is 1. The molecule has 2 unspecified atom stereocenters. The number of phosphoric ester groups is 1. The first-order valence-electron chi connectivity index (χ1n) is 9.20. The van der Waals surface area contributed by atoms with E-state index in [4.69, 9.17) is 24.0 Å². The minimum atomic E-state index is -5.05. The fourth-order valence-electron chi connectivity index (χ4n) is 2.81. The van der Waals surface area contributed by atoms with Crippen molar-refractivity contribution in [2.45, 2.75) is 25.4 Å². The van der Waals surface area contributed by atoms with E-state index >= 15 is 0 Å². The molecule has 0 radical (unpaired) electrons. The topological polar surface area (TPSA) is 132 Å². The van der Waals surface area contributed by atoms with Crippen molar-refractivity contribution >= 4 is 13.8 Å². The number of aliphatic hydroxyl groups is 1. The monoisotopic (exact) mass is 472 g/mol. The molecule has 0 saturated carbocycles. The van der Waals surface area contributed by atoms with Crippen LogP contribution in [0.3, 0.4) is 0 Å². The molecule has 1 heterocycles. The van der Waals surface area contributed by atoms with Crippen molar-refractivity contribution in [1.82, 2.24) is 0 Å². The summed E-state index contributed by atoms with van der Waals surface area (Å²) in [7, 11) is -5.05. The number of cyclic esters (lactones) is 1. The zero-order chi connectivity index (χ0) is 23.3. The molecule has 2 aromatic rings. The van der Waals surface area contributed by atoms with Crippen LogP contribution in [0.1, 0.15) is 11.1 Å². The second-order valence-corrected chi connectivity index (χ2v) is 7.86. The molecule has 3 N–H and O–H groups in total. The van der Waals surface area contributed by atoms with Gasteiger partial charge in [0.15, 0.2) is 11.9 Å². The summed E-state index contributed by atoms with van der Waals surface area (Å²) in [4.78, 5) is 30.6. The Labute approximate surface area is 181 Å². The molecule has 1 aliphatic rings. The van der Waals surface area contributed by atoms with Gasteiger partial charge in [-0.1, -0.05) is 24.3 Å². The van der Waals surface area contributed by atoms with Gasteiger partial charge in [0.2, 0.25) is 5.76 Å². The number of halogens is 2. The number of aliphatic hydroxyl groups excluding tert-OH is 1. The number of hydrogen-bond acceptors (Lipinski definition) is 7. The molecule has 12 heteroatoms. The minimum Gasteiger partial charge on any atom is -0.485 e. The Morgan fingerprint density at radius 2 is 1.44 bits per heavy atom. The smallest absolute Gasteiger partial charge is 0.470 e. The molecule has 1 aliphatic heterocycles. The summed E-state index contributed by atoms with van der Waals surface area (Å²) in [5.74, 6) is -2.62. The quantitative estimate of drug-likeness (QED) is 0.352. The zero-order valence-corrected chi connectivity index (χ0v) is 17.3. The molecular weight excluding hydrogens is 453 g/mol. The third-order valence-corrected chi connectivity index (χ3v) is 4.84. The van der Waals surface area contributed by atoms with Crippen molar-refractivity contribution in [2.75, 3.05) is 6.61 Å². The molecule has 2 aromatic carbocycles. The van der Waals surface area contributed by atoms with Crippen LogP contribution in [0.5, 0.6) is 0 Å². The Bertz CT molecular complexity index is 1020. The van der Waals surface area contributed by atoms with Gasteiger partial charge in [-0.3, -0.25) is 4.52 Å². The number of carbonyl (C=O) groups is 1. The van der Waals surface area contributed by atoms with E-state index in [0.717, 1.165) is 0 Å². The predicted octanol–water partition coefficient (Wildman–Crippen LogP) is 2.31. The first-order chi connectivity index (χ1) is 15.2. The second kappa shape index (κ2) is 10.2. The summed E-state index contributed by atoms with van der Waals surface area (Å²) < 4.78 is 58.2. The lowest BCUT2D eigenvalue weighted by molar-refractivity contribution is -0.148. The van der Waals surface area contributed by atoms with Crippen molar-refractivity contribution in [3.63, 3.8) is 0 Å². The van der Waals surface area contributed by atoms with Crippen LogP contribution < -0.4 is 0 Å². The van der Waals surface area contributed by atoms with E-state index < -0.39 is 50.0 Å². The number of phosphoric acid groups is 1. The van der Waals surface area contributed by atoms with E-state index in [9.17, 15) is 23.2 Å². The van der Waals surface area contributed by atoms with Crippen molar-refractivity contribution in [3.8, 4) is 0 Å². The number of hydrogen-bond donors (Lipinski definition) is 3. The van der Waals surface area contributed by atoms with Gasteiger partial charge < -0.3 is 29.1 Å². The van der Waals surface area contributed by atoms with Gasteiger partial charge in [0, 0.05) is 0 Å². The van der Waals surface area contributed by atoms with Gasteiger partial charge in [-0.2, -0.15) is 0 Å². The van der Waals surface area contributed by atoms with Crippen LogP contribution in [-0.2, 0) is 41.3 Å². The minimum absolute atomic E-state index is 0.177. The highest BCUT2D eigenvalue weighted by atomic mass is 31.2. The van der Waals surface area contributed by atoms with Gasteiger partial charge in [0.25, 0.3) is 0 Å². The standard InChI is InChI=1S/C20H19F2O9P/c21-14-5-1-12(2-6-14)10-28-18-17(16(9-23)31-32(25,26)27)30-20(24)19(18)29-11-13-3-7-15(22)8-4-13/h1-8,16-17,23H,9-11H2,(H2,25,26,27). The van der Waals surface area contributed by atoms with Crippen LogP contribution in [-0.4, -0.2) is 39.7 Å². The molecule has 0 bridgehead atoms. The summed E-state index contributed by atoms with van der Waals surface area (Å²) in [6, 6.07) is 10.5. The highest BCUT2D eigenvalue weighted by Gasteiger charge is 2.45. The molecular formula is C20H19F2O9P. The van der Waals surface area contributed by atoms with E-state index in [-0.39, 0.29) is 19.0 Å². The average Bonchev–Trinajstić information content (AvgIpc) is 3.05. The molecule has 32 heavy (non-hydrogen) atoms. The highest BCUT2D eigenvalue weighted by molar-refractivity contribution is 7.46. The summed E-state index contributed by atoms with van der Waals surface area (Å²) in [6.45, 7) is -1.28. The van der Waals surface area contributed by atoms with Crippen LogP contribution in [0.4, 0.5) is 8.78 Å². The van der Waals surface area contributed by atoms with E-state index in [1.165, 1.54) is 48.5 Å². The molecule has 0 aliphatic carbocycles. The fourth-order valence-corrected chi connectivity index (χ4v) is 3.34. The highest BCUT2D eigenvalue weighted by Crippen LogP contribution is 2.41. The van der Waals surface area contributed by atoms with E-state index in [1.807, 2.05) is 0 Å². The number of rotatable bonds is 10. The van der Waals surface area contributed by atoms with Crippen molar-refractivity contribution in [3.05, 3.63) is 82.8 Å². The maximum Gasteiger partial charge on any atom is 0.470 e. The van der Waals surface area contributed by atoms with Gasteiger partial charge in [-0.15, -0.1) is 0 Å². The number of benzene rings is 2. The maximum absolute atomic E-state index is 13.1. The summed E-state index contributed by atoms with van der Waals surface area (Å²) in [5, 5.41) is 9.53. The number of ether oxygens (including phenoxy) is 3. The molecule has 0 fully saturated rings. The molecule has 0 saturated heterocycles. The van der Waals surface area contributed by atoms with Crippen molar-refractivity contribution in [2.24, 2.45) is 0 Å². The van der Waals surface area contributed by atoms with Gasteiger partial charge in [0.05, 0.1) is 6.61 Å². The largest absolute Gasteiger partial charge is 0.485 e. The molecule has 9 nitrogen and oxygen atoms in total. The molecule has 2 atom stereocenters. The number of esters is 1. The fraction of sp³-hybridized carbons (Fsp3) is 0.250. The third-order valence-electron chi connectivity index (χ3n) is 4.30. The molecule has 0 spiro atoms. The zero-order valence-electron chi connectivity index (χ0n) is 16.4. The van der Waals surface area contributed by atoms with Gasteiger partial charge in [-0.05, 0) is 35.4 Å². The first kappa shape index (κ1) is 23.8. The Morgan fingerprint density at radius 3 is 1.91 bits per heavy atom. The predicted molar refractivity (Wildman–Crippen MR) is 103 cm³/mol. The van der Waals surface area contributed by atoms with Gasteiger partial charge in [-0.25, -0.2) is 18.1 Å². The summed E-state index contributed by atoms with van der Waals surface area (Å²) in [6.07, 6.45) is -3.18. The van der Waals surface area contributed by atoms with Gasteiger partial charge >= 0.3 is 13.8 Å². The van der Waals surface area contributed by atoms with Crippen molar-refractivity contribution < 1.29 is 51.8 Å². The van der Waals surface area contributed by atoms with Crippen LogP contribution in [0.25, 0.3) is 0 Å². The SMILES string of the molecule is O=C1OC(C(CO)OP(=O)(O)O)C(OCc2ccc(F)cc2)=C1OCc1ccc(F)cc1. The second-order valence-electron chi connectivity index (χ2n) is 6.67. The lowest BCUT2D eigenvalue weighted by atomic mass is 10.1. The summed E-state index contributed by atoms with van der Waals surface area (Å²) in [5.41, 5.74) is 1.02. The average molecular weight is 472 g/mol. The van der Waals surface area contributed by atoms with Crippen LogP contribution in [0, 0.1) is 11.6 Å². The summed E-state index contributed by atoms with van der Waals surface area (Å²) >= 11 is 0. The van der Waals surface area contributed by atoms with E-state index in [0.29, 0.717) is 11.1 Å². The lowest BCUT2D eigenvalue weighted by Gasteiger charge is -2.23. The Hall–Kier alpha value is -2.82. The van der Waals surface area contributed by atoms with E-state index in [2.05, 4.69) is 4.52 Å².